The Morgan fingerprint density at radius 1 is 1.07 bits per heavy atom. The van der Waals surface area contributed by atoms with Gasteiger partial charge in [0.1, 0.15) is 10.9 Å². The fraction of sp³-hybridized carbons (Fsp3) is 0.286. The molecular formula is C21H19ClFN3OS. The number of hydrogen-bond donors (Lipinski definition) is 1. The number of carbonyl (C=O) groups is 1. The molecule has 1 spiro atoms. The fourth-order valence-corrected chi connectivity index (χ4v) is 4.45. The first-order chi connectivity index (χ1) is 13.5. The van der Waals surface area contributed by atoms with Crippen molar-refractivity contribution >= 4 is 45.7 Å². The van der Waals surface area contributed by atoms with Crippen LogP contribution in [-0.2, 0) is 4.79 Å². The second-order valence-electron chi connectivity index (χ2n) is 6.92. The standard InChI is InChI=1S/C21H19ClFN3OS/c22-15-5-3-14(4-6-15)19-20(26-21(25-19)11-1-2-12-21)28-13-18(27)24-17-9-7-16(23)8-10-17/h3-10H,1-2,11-13H2,(H,24,27). The minimum absolute atomic E-state index is 0.165. The topological polar surface area (TPSA) is 53.8 Å². The Kier molecular flexibility index (Phi) is 5.51. The number of amides is 1. The second kappa shape index (κ2) is 8.05. The Hall–Kier alpha value is -2.18. The molecule has 4 rings (SSSR count). The molecule has 0 bridgehead atoms. The molecular weight excluding hydrogens is 397 g/mol. The van der Waals surface area contributed by atoms with Crippen LogP contribution in [0.3, 0.4) is 0 Å². The highest BCUT2D eigenvalue weighted by atomic mass is 35.5. The Bertz CT molecular complexity index is 935. The van der Waals surface area contributed by atoms with Gasteiger partial charge in [-0.2, -0.15) is 0 Å². The van der Waals surface area contributed by atoms with E-state index in [0.717, 1.165) is 42.0 Å². The van der Waals surface area contributed by atoms with E-state index in [1.165, 1.54) is 23.9 Å². The van der Waals surface area contributed by atoms with E-state index >= 15 is 0 Å². The van der Waals surface area contributed by atoms with Gasteiger partial charge in [-0.05, 0) is 62.1 Å². The Morgan fingerprint density at radius 3 is 2.43 bits per heavy atom. The Morgan fingerprint density at radius 2 is 1.75 bits per heavy atom. The van der Waals surface area contributed by atoms with Crippen molar-refractivity contribution in [2.75, 3.05) is 11.1 Å². The lowest BCUT2D eigenvalue weighted by Crippen LogP contribution is -2.17. The molecule has 1 saturated carbocycles. The van der Waals surface area contributed by atoms with Gasteiger partial charge >= 0.3 is 0 Å². The summed E-state index contributed by atoms with van der Waals surface area (Å²) in [6.45, 7) is 0. The minimum atomic E-state index is -0.370. The number of anilines is 1. The van der Waals surface area contributed by atoms with Crippen LogP contribution in [0.2, 0.25) is 5.02 Å². The highest BCUT2D eigenvalue weighted by Crippen LogP contribution is 2.40. The van der Waals surface area contributed by atoms with Crippen LogP contribution >= 0.6 is 23.4 Å². The van der Waals surface area contributed by atoms with Gasteiger partial charge in [0.25, 0.3) is 0 Å². The van der Waals surface area contributed by atoms with Crippen LogP contribution in [0.1, 0.15) is 31.2 Å². The molecule has 1 aliphatic carbocycles. The van der Waals surface area contributed by atoms with Crippen molar-refractivity contribution in [3.8, 4) is 0 Å². The summed E-state index contributed by atoms with van der Waals surface area (Å²) in [7, 11) is 0. The van der Waals surface area contributed by atoms with Crippen LogP contribution in [0, 0.1) is 5.82 Å². The smallest absolute Gasteiger partial charge is 0.234 e. The molecule has 1 heterocycles. The van der Waals surface area contributed by atoms with Gasteiger partial charge < -0.3 is 5.32 Å². The molecule has 28 heavy (non-hydrogen) atoms. The van der Waals surface area contributed by atoms with Crippen molar-refractivity contribution in [3.63, 3.8) is 0 Å². The molecule has 2 aromatic rings. The number of halogens is 2. The van der Waals surface area contributed by atoms with E-state index in [1.807, 2.05) is 24.3 Å². The molecule has 0 radical (unpaired) electrons. The summed E-state index contributed by atoms with van der Waals surface area (Å²) in [6, 6.07) is 13.3. The molecule has 1 N–H and O–H groups in total. The number of thioether (sulfide) groups is 1. The molecule has 144 valence electrons. The number of benzene rings is 2. The summed E-state index contributed by atoms with van der Waals surface area (Å²) < 4.78 is 13.0. The van der Waals surface area contributed by atoms with E-state index in [1.54, 1.807) is 12.1 Å². The SMILES string of the molecule is O=C(CSC1=NC2(CCCC2)N=C1c1ccc(Cl)cc1)Nc1ccc(F)cc1. The highest BCUT2D eigenvalue weighted by molar-refractivity contribution is 8.16. The van der Waals surface area contributed by atoms with Gasteiger partial charge in [-0.15, -0.1) is 0 Å². The fourth-order valence-electron chi connectivity index (χ4n) is 3.45. The minimum Gasteiger partial charge on any atom is -0.325 e. The summed E-state index contributed by atoms with van der Waals surface area (Å²) in [5.41, 5.74) is 1.99. The van der Waals surface area contributed by atoms with Gasteiger partial charge in [0, 0.05) is 16.3 Å². The van der Waals surface area contributed by atoms with Crippen molar-refractivity contribution in [1.29, 1.82) is 0 Å². The van der Waals surface area contributed by atoms with Crippen LogP contribution in [0.25, 0.3) is 0 Å². The molecule has 0 saturated heterocycles. The zero-order valence-electron chi connectivity index (χ0n) is 15.1. The van der Waals surface area contributed by atoms with Crippen molar-refractivity contribution in [3.05, 3.63) is 64.9 Å². The maximum absolute atomic E-state index is 13.0. The second-order valence-corrected chi connectivity index (χ2v) is 8.32. The number of hydrogen-bond acceptors (Lipinski definition) is 4. The molecule has 0 unspecified atom stereocenters. The molecule has 7 heteroatoms. The average molecular weight is 416 g/mol. The number of rotatable bonds is 4. The van der Waals surface area contributed by atoms with Crippen molar-refractivity contribution in [2.24, 2.45) is 9.98 Å². The number of nitrogens with zero attached hydrogens (tertiary/aromatic N) is 2. The number of carbonyl (C=O) groups excluding carboxylic acids is 1. The summed E-state index contributed by atoms with van der Waals surface area (Å²) in [4.78, 5) is 22.2. The van der Waals surface area contributed by atoms with E-state index in [9.17, 15) is 9.18 Å². The predicted molar refractivity (Wildman–Crippen MR) is 114 cm³/mol. The van der Waals surface area contributed by atoms with Gasteiger partial charge in [0.2, 0.25) is 5.91 Å². The largest absolute Gasteiger partial charge is 0.325 e. The Labute approximate surface area is 172 Å². The van der Waals surface area contributed by atoms with E-state index < -0.39 is 0 Å². The summed E-state index contributed by atoms with van der Waals surface area (Å²) in [5, 5.41) is 4.24. The molecule has 1 amide bonds. The first-order valence-electron chi connectivity index (χ1n) is 9.17. The zero-order valence-corrected chi connectivity index (χ0v) is 16.7. The van der Waals surface area contributed by atoms with Gasteiger partial charge in [-0.3, -0.25) is 9.79 Å². The third-order valence-electron chi connectivity index (χ3n) is 4.82. The number of aliphatic imine (C=N–C) groups is 2. The van der Waals surface area contributed by atoms with Crippen LogP contribution in [-0.4, -0.2) is 28.1 Å². The van der Waals surface area contributed by atoms with E-state index in [-0.39, 0.29) is 23.1 Å². The van der Waals surface area contributed by atoms with Gasteiger partial charge in [0.15, 0.2) is 5.66 Å². The lowest BCUT2D eigenvalue weighted by atomic mass is 10.1. The van der Waals surface area contributed by atoms with E-state index in [4.69, 9.17) is 21.6 Å². The molecule has 2 aliphatic rings. The van der Waals surface area contributed by atoms with Crippen molar-refractivity contribution in [1.82, 2.24) is 0 Å². The predicted octanol–water partition coefficient (Wildman–Crippen LogP) is 5.32. The average Bonchev–Trinajstić information content (AvgIpc) is 3.30. The van der Waals surface area contributed by atoms with Gasteiger partial charge in [0.05, 0.1) is 11.5 Å². The first-order valence-corrected chi connectivity index (χ1v) is 10.5. The monoisotopic (exact) mass is 415 g/mol. The van der Waals surface area contributed by atoms with Crippen LogP contribution in [0.4, 0.5) is 10.1 Å². The molecule has 0 aromatic heterocycles. The highest BCUT2D eigenvalue weighted by Gasteiger charge is 2.39. The van der Waals surface area contributed by atoms with E-state index in [2.05, 4.69) is 5.32 Å². The molecule has 0 atom stereocenters. The third kappa shape index (κ3) is 4.28. The summed E-state index contributed by atoms with van der Waals surface area (Å²) in [5.74, 6) is -0.292. The Balaban J connectivity index is 1.48. The summed E-state index contributed by atoms with van der Waals surface area (Å²) in [6.07, 6.45) is 4.11. The zero-order chi connectivity index (χ0) is 19.6. The van der Waals surface area contributed by atoms with Crippen LogP contribution in [0.15, 0.2) is 58.5 Å². The van der Waals surface area contributed by atoms with Gasteiger partial charge in [-0.1, -0.05) is 35.5 Å². The van der Waals surface area contributed by atoms with Gasteiger partial charge in [-0.25, -0.2) is 9.38 Å². The lowest BCUT2D eigenvalue weighted by Gasteiger charge is -2.14. The molecule has 1 aliphatic heterocycles. The normalized spacial score (nSPS) is 17.5. The quantitative estimate of drug-likeness (QED) is 0.734. The molecule has 4 nitrogen and oxygen atoms in total. The maximum Gasteiger partial charge on any atom is 0.234 e. The lowest BCUT2D eigenvalue weighted by molar-refractivity contribution is -0.113. The number of nitrogens with one attached hydrogen (secondary N) is 1. The van der Waals surface area contributed by atoms with Crippen molar-refractivity contribution in [2.45, 2.75) is 31.3 Å². The van der Waals surface area contributed by atoms with E-state index in [0.29, 0.717) is 10.7 Å². The van der Waals surface area contributed by atoms with Crippen LogP contribution < -0.4 is 5.32 Å². The maximum atomic E-state index is 13.0. The summed E-state index contributed by atoms with van der Waals surface area (Å²) >= 11 is 7.40. The molecule has 1 fully saturated rings. The third-order valence-corrected chi connectivity index (χ3v) is 6.04. The molecule has 2 aromatic carbocycles. The first kappa shape index (κ1) is 19.2. The van der Waals surface area contributed by atoms with Crippen LogP contribution in [0.5, 0.6) is 0 Å². The van der Waals surface area contributed by atoms with Crippen molar-refractivity contribution < 1.29 is 9.18 Å².